The van der Waals surface area contributed by atoms with Crippen molar-refractivity contribution in [1.82, 2.24) is 24.5 Å². The summed E-state index contributed by atoms with van der Waals surface area (Å²) in [6, 6.07) is 0.330. The number of nitrogens with zero attached hydrogens (tertiary/aromatic N) is 5. The van der Waals surface area contributed by atoms with Crippen LogP contribution in [0.4, 0.5) is 5.95 Å². The monoisotopic (exact) mass is 276 g/mol. The molecule has 0 aliphatic carbocycles. The second-order valence-electron chi connectivity index (χ2n) is 4.84. The summed E-state index contributed by atoms with van der Waals surface area (Å²) in [6.07, 6.45) is 6.10. The van der Waals surface area contributed by atoms with E-state index in [1.54, 1.807) is 23.3 Å². The lowest BCUT2D eigenvalue weighted by Crippen LogP contribution is -2.13. The van der Waals surface area contributed by atoms with Crippen LogP contribution >= 0.6 is 0 Å². The van der Waals surface area contributed by atoms with Crippen molar-refractivity contribution in [3.63, 3.8) is 0 Å². The minimum absolute atomic E-state index is 0.330. The molecule has 0 saturated carbocycles. The number of hydrogen-bond donors (Lipinski definition) is 1. The zero-order valence-electron chi connectivity index (χ0n) is 12.1. The molecule has 0 unspecified atom stereocenters. The van der Waals surface area contributed by atoms with E-state index in [1.165, 1.54) is 0 Å². The summed E-state index contributed by atoms with van der Waals surface area (Å²) in [7, 11) is 0. The van der Waals surface area contributed by atoms with Crippen molar-refractivity contribution in [1.29, 1.82) is 0 Å². The third kappa shape index (κ3) is 3.91. The van der Waals surface area contributed by atoms with E-state index in [9.17, 15) is 0 Å². The minimum atomic E-state index is 0.330. The van der Waals surface area contributed by atoms with Gasteiger partial charge in [0.1, 0.15) is 6.33 Å². The van der Waals surface area contributed by atoms with E-state index in [2.05, 4.69) is 46.0 Å². The average Bonchev–Trinajstić information content (AvgIpc) is 2.97. The van der Waals surface area contributed by atoms with Gasteiger partial charge in [-0.1, -0.05) is 20.8 Å². The molecule has 7 nitrogen and oxygen atoms in total. The van der Waals surface area contributed by atoms with Gasteiger partial charge in [0.2, 0.25) is 11.9 Å². The highest BCUT2D eigenvalue weighted by molar-refractivity contribution is 5.30. The summed E-state index contributed by atoms with van der Waals surface area (Å²) in [5.74, 6) is 1.43. The van der Waals surface area contributed by atoms with E-state index < -0.39 is 0 Å². The van der Waals surface area contributed by atoms with Gasteiger partial charge in [0.15, 0.2) is 0 Å². The molecule has 2 aromatic heterocycles. The zero-order valence-corrected chi connectivity index (χ0v) is 12.1. The van der Waals surface area contributed by atoms with E-state index >= 15 is 0 Å². The Bertz CT molecular complexity index is 526. The van der Waals surface area contributed by atoms with Gasteiger partial charge in [-0.2, -0.15) is 15.0 Å². The van der Waals surface area contributed by atoms with Gasteiger partial charge in [-0.3, -0.25) is 4.57 Å². The first-order valence-electron chi connectivity index (χ1n) is 6.80. The Hall–Kier alpha value is -2.18. The Morgan fingerprint density at radius 3 is 2.80 bits per heavy atom. The van der Waals surface area contributed by atoms with Gasteiger partial charge in [-0.15, -0.1) is 0 Å². The van der Waals surface area contributed by atoms with Crippen LogP contribution in [0, 0.1) is 5.92 Å². The lowest BCUT2D eigenvalue weighted by Gasteiger charge is -2.10. The number of hydrogen-bond acceptors (Lipinski definition) is 6. The van der Waals surface area contributed by atoms with E-state index in [-0.39, 0.29) is 0 Å². The van der Waals surface area contributed by atoms with E-state index in [0.29, 0.717) is 30.4 Å². The lowest BCUT2D eigenvalue weighted by atomic mass is 10.2. The number of anilines is 1. The predicted molar refractivity (Wildman–Crippen MR) is 76.1 cm³/mol. The minimum Gasteiger partial charge on any atom is -0.463 e. The summed E-state index contributed by atoms with van der Waals surface area (Å²) < 4.78 is 7.31. The Balaban J connectivity index is 2.24. The average molecular weight is 276 g/mol. The fraction of sp³-hybridized carbons (Fsp3) is 0.538. The van der Waals surface area contributed by atoms with Crippen molar-refractivity contribution >= 4 is 5.95 Å². The first-order chi connectivity index (χ1) is 9.69. The molecule has 1 N–H and O–H groups in total. The Morgan fingerprint density at radius 1 is 1.30 bits per heavy atom. The molecule has 0 radical (unpaired) electrons. The Morgan fingerprint density at radius 2 is 2.15 bits per heavy atom. The third-order valence-electron chi connectivity index (χ3n) is 2.42. The van der Waals surface area contributed by atoms with Crippen LogP contribution in [0.3, 0.4) is 0 Å². The van der Waals surface area contributed by atoms with Crippen LogP contribution in [-0.4, -0.2) is 37.7 Å². The van der Waals surface area contributed by atoms with Gasteiger partial charge in [0, 0.05) is 18.9 Å². The molecule has 0 aromatic carbocycles. The van der Waals surface area contributed by atoms with Crippen molar-refractivity contribution in [2.45, 2.75) is 27.2 Å². The van der Waals surface area contributed by atoms with Crippen LogP contribution in [0.15, 0.2) is 18.7 Å². The predicted octanol–water partition coefficient (Wildman–Crippen LogP) is 1.91. The van der Waals surface area contributed by atoms with Crippen LogP contribution in [0.2, 0.25) is 0 Å². The summed E-state index contributed by atoms with van der Waals surface area (Å²) in [5.41, 5.74) is 0. The molecular formula is C13H20N6O. The first-order valence-corrected chi connectivity index (χ1v) is 6.80. The lowest BCUT2D eigenvalue weighted by molar-refractivity contribution is 0.250. The van der Waals surface area contributed by atoms with Crippen LogP contribution in [0.5, 0.6) is 6.01 Å². The Labute approximate surface area is 118 Å². The molecule has 0 saturated heterocycles. The molecule has 7 heteroatoms. The number of rotatable bonds is 7. The van der Waals surface area contributed by atoms with E-state index in [0.717, 1.165) is 13.0 Å². The summed E-state index contributed by atoms with van der Waals surface area (Å²) in [4.78, 5) is 16.9. The number of imidazole rings is 1. The largest absolute Gasteiger partial charge is 0.463 e. The molecular weight excluding hydrogens is 256 g/mol. The molecule has 20 heavy (non-hydrogen) atoms. The molecule has 0 atom stereocenters. The smallest absolute Gasteiger partial charge is 0.323 e. The summed E-state index contributed by atoms with van der Waals surface area (Å²) in [5, 5.41) is 3.15. The summed E-state index contributed by atoms with van der Waals surface area (Å²) in [6.45, 7) is 7.61. The van der Waals surface area contributed by atoms with Gasteiger partial charge in [0.25, 0.3) is 0 Å². The molecule has 2 rings (SSSR count). The Kier molecular flexibility index (Phi) is 4.86. The van der Waals surface area contributed by atoms with Crippen LogP contribution < -0.4 is 10.1 Å². The normalized spacial score (nSPS) is 10.8. The first kappa shape index (κ1) is 14.2. The quantitative estimate of drug-likeness (QED) is 0.832. The molecule has 2 aromatic rings. The highest BCUT2D eigenvalue weighted by Gasteiger charge is 2.09. The number of ether oxygens (including phenoxy) is 1. The highest BCUT2D eigenvalue weighted by Crippen LogP contribution is 2.12. The molecule has 0 bridgehead atoms. The van der Waals surface area contributed by atoms with Crippen molar-refractivity contribution in [2.24, 2.45) is 5.92 Å². The van der Waals surface area contributed by atoms with Crippen LogP contribution in [0.25, 0.3) is 5.95 Å². The molecule has 108 valence electrons. The van der Waals surface area contributed by atoms with Gasteiger partial charge in [0.05, 0.1) is 6.61 Å². The SMILES string of the molecule is CCCNc1nc(OCC(C)C)nc(-n2ccnc2)n1. The summed E-state index contributed by atoms with van der Waals surface area (Å²) >= 11 is 0. The maximum absolute atomic E-state index is 5.59. The topological polar surface area (TPSA) is 77.8 Å². The van der Waals surface area contributed by atoms with Crippen molar-refractivity contribution < 1.29 is 4.74 Å². The fourth-order valence-electron chi connectivity index (χ4n) is 1.46. The second-order valence-corrected chi connectivity index (χ2v) is 4.84. The van der Waals surface area contributed by atoms with E-state index in [4.69, 9.17) is 4.74 Å². The number of aromatic nitrogens is 5. The van der Waals surface area contributed by atoms with Gasteiger partial charge in [-0.05, 0) is 12.3 Å². The fourth-order valence-corrected chi connectivity index (χ4v) is 1.46. The van der Waals surface area contributed by atoms with Crippen molar-refractivity contribution in [2.75, 3.05) is 18.5 Å². The van der Waals surface area contributed by atoms with Crippen LogP contribution in [-0.2, 0) is 0 Å². The molecule has 0 fully saturated rings. The second kappa shape index (κ2) is 6.83. The zero-order chi connectivity index (χ0) is 14.4. The van der Waals surface area contributed by atoms with Crippen molar-refractivity contribution in [3.8, 4) is 12.0 Å². The maximum Gasteiger partial charge on any atom is 0.323 e. The van der Waals surface area contributed by atoms with Gasteiger partial charge in [-0.25, -0.2) is 4.98 Å². The standard InChI is InChI=1S/C13H20N6O/c1-4-5-15-11-16-12(19-7-6-14-9-19)18-13(17-11)20-8-10(2)3/h6-7,9-10H,4-5,8H2,1-3H3,(H,15,16,17,18). The molecule has 0 aliphatic rings. The maximum atomic E-state index is 5.59. The van der Waals surface area contributed by atoms with Gasteiger partial charge >= 0.3 is 6.01 Å². The molecule has 2 heterocycles. The highest BCUT2D eigenvalue weighted by atomic mass is 16.5. The third-order valence-corrected chi connectivity index (χ3v) is 2.42. The van der Waals surface area contributed by atoms with Crippen LogP contribution in [0.1, 0.15) is 27.2 Å². The van der Waals surface area contributed by atoms with Crippen molar-refractivity contribution in [3.05, 3.63) is 18.7 Å². The molecule has 0 aliphatic heterocycles. The molecule has 0 spiro atoms. The van der Waals surface area contributed by atoms with E-state index in [1.807, 2.05) is 0 Å². The molecule has 0 amide bonds. The number of nitrogens with one attached hydrogen (secondary N) is 1. The van der Waals surface area contributed by atoms with Gasteiger partial charge < -0.3 is 10.1 Å².